The van der Waals surface area contributed by atoms with Crippen molar-refractivity contribution in [2.45, 2.75) is 6.54 Å². The molecule has 1 heterocycles. The van der Waals surface area contributed by atoms with Gasteiger partial charge in [-0.2, -0.15) is 0 Å². The second-order valence-electron chi connectivity index (χ2n) is 3.09. The monoisotopic (exact) mass is 269 g/mol. The molecule has 2 aromatic rings. The van der Waals surface area contributed by atoms with E-state index in [1.165, 1.54) is 6.07 Å². The maximum Gasteiger partial charge on any atom is 0.137 e. The Morgan fingerprint density at radius 2 is 2.07 bits per heavy atom. The molecule has 0 aliphatic heterocycles. The van der Waals surface area contributed by atoms with E-state index in [4.69, 9.17) is 10.2 Å². The standard InChI is InChI=1S/C11H9BrFNO/c12-7-1-3-9(10(13)5-7)11-4-2-8(6-14)15-11/h1-5H,6,14H2. The van der Waals surface area contributed by atoms with E-state index in [1.54, 1.807) is 24.3 Å². The number of nitrogens with two attached hydrogens (primary N) is 1. The van der Waals surface area contributed by atoms with Crippen LogP contribution >= 0.6 is 15.9 Å². The van der Waals surface area contributed by atoms with E-state index in [2.05, 4.69) is 15.9 Å². The minimum atomic E-state index is -0.317. The largest absolute Gasteiger partial charge is 0.460 e. The summed E-state index contributed by atoms with van der Waals surface area (Å²) in [6, 6.07) is 8.30. The van der Waals surface area contributed by atoms with Gasteiger partial charge in [0.25, 0.3) is 0 Å². The highest BCUT2D eigenvalue weighted by Gasteiger charge is 2.09. The topological polar surface area (TPSA) is 39.2 Å². The van der Waals surface area contributed by atoms with Crippen molar-refractivity contribution >= 4 is 15.9 Å². The molecular weight excluding hydrogens is 261 g/mol. The van der Waals surface area contributed by atoms with E-state index >= 15 is 0 Å². The summed E-state index contributed by atoms with van der Waals surface area (Å²) in [4.78, 5) is 0. The third-order valence-electron chi connectivity index (χ3n) is 2.06. The van der Waals surface area contributed by atoms with Crippen LogP contribution in [0.1, 0.15) is 5.76 Å². The maximum atomic E-state index is 13.5. The lowest BCUT2D eigenvalue weighted by Gasteiger charge is -1.99. The first-order chi connectivity index (χ1) is 7.20. The Labute approximate surface area is 95.0 Å². The number of hydrogen-bond acceptors (Lipinski definition) is 2. The lowest BCUT2D eigenvalue weighted by Crippen LogP contribution is -1.92. The zero-order chi connectivity index (χ0) is 10.8. The molecule has 2 N–H and O–H groups in total. The molecule has 2 rings (SSSR count). The summed E-state index contributed by atoms with van der Waals surface area (Å²) < 4.78 is 19.6. The van der Waals surface area contributed by atoms with E-state index in [9.17, 15) is 4.39 Å². The van der Waals surface area contributed by atoms with Crippen molar-refractivity contribution in [2.24, 2.45) is 5.73 Å². The van der Waals surface area contributed by atoms with E-state index < -0.39 is 0 Å². The van der Waals surface area contributed by atoms with Crippen molar-refractivity contribution in [3.05, 3.63) is 46.4 Å². The van der Waals surface area contributed by atoms with Gasteiger partial charge in [-0.3, -0.25) is 0 Å². The summed E-state index contributed by atoms with van der Waals surface area (Å²) in [7, 11) is 0. The zero-order valence-electron chi connectivity index (χ0n) is 7.84. The van der Waals surface area contributed by atoms with Crippen molar-refractivity contribution in [3.8, 4) is 11.3 Å². The van der Waals surface area contributed by atoms with Crippen LogP contribution < -0.4 is 5.73 Å². The second kappa shape index (κ2) is 4.16. The number of halogens is 2. The van der Waals surface area contributed by atoms with E-state index in [1.807, 2.05) is 0 Å². The van der Waals surface area contributed by atoms with Crippen LogP contribution in [0, 0.1) is 5.82 Å². The highest BCUT2D eigenvalue weighted by atomic mass is 79.9. The van der Waals surface area contributed by atoms with Crippen molar-refractivity contribution in [1.29, 1.82) is 0 Å². The van der Waals surface area contributed by atoms with Gasteiger partial charge >= 0.3 is 0 Å². The van der Waals surface area contributed by atoms with Crippen LogP contribution in [0.25, 0.3) is 11.3 Å². The summed E-state index contributed by atoms with van der Waals surface area (Å²) in [6.45, 7) is 0.318. The first kappa shape index (κ1) is 10.4. The molecule has 0 atom stereocenters. The van der Waals surface area contributed by atoms with Crippen molar-refractivity contribution in [1.82, 2.24) is 0 Å². The SMILES string of the molecule is NCc1ccc(-c2ccc(Br)cc2F)o1. The van der Waals surface area contributed by atoms with Crippen LogP contribution in [-0.2, 0) is 6.54 Å². The first-order valence-electron chi connectivity index (χ1n) is 4.45. The molecule has 0 bridgehead atoms. The van der Waals surface area contributed by atoms with Gasteiger partial charge in [-0.25, -0.2) is 4.39 Å². The molecule has 4 heteroatoms. The van der Waals surface area contributed by atoms with Crippen LogP contribution in [0.4, 0.5) is 4.39 Å². The third kappa shape index (κ3) is 2.11. The molecule has 15 heavy (non-hydrogen) atoms. The fraction of sp³-hybridized carbons (Fsp3) is 0.0909. The Bertz CT molecular complexity index is 481. The van der Waals surface area contributed by atoms with Gasteiger partial charge in [0.05, 0.1) is 12.1 Å². The second-order valence-corrected chi connectivity index (χ2v) is 4.01. The number of hydrogen-bond donors (Lipinski definition) is 1. The minimum Gasteiger partial charge on any atom is -0.460 e. The van der Waals surface area contributed by atoms with Crippen LogP contribution in [0.3, 0.4) is 0 Å². The smallest absolute Gasteiger partial charge is 0.137 e. The Morgan fingerprint density at radius 1 is 1.27 bits per heavy atom. The number of furan rings is 1. The average Bonchev–Trinajstić information content (AvgIpc) is 2.66. The maximum absolute atomic E-state index is 13.5. The normalized spacial score (nSPS) is 10.6. The van der Waals surface area contributed by atoms with Crippen molar-refractivity contribution in [2.75, 3.05) is 0 Å². The molecule has 0 unspecified atom stereocenters. The number of benzene rings is 1. The van der Waals surface area contributed by atoms with Gasteiger partial charge in [0.2, 0.25) is 0 Å². The van der Waals surface area contributed by atoms with Crippen molar-refractivity contribution in [3.63, 3.8) is 0 Å². The van der Waals surface area contributed by atoms with Crippen LogP contribution in [0.2, 0.25) is 0 Å². The average molecular weight is 270 g/mol. The molecule has 2 nitrogen and oxygen atoms in total. The Morgan fingerprint density at radius 3 is 2.67 bits per heavy atom. The molecule has 78 valence electrons. The summed E-state index contributed by atoms with van der Waals surface area (Å²) in [5.74, 6) is 0.829. The van der Waals surface area contributed by atoms with Crippen LogP contribution in [0.15, 0.2) is 39.2 Å². The van der Waals surface area contributed by atoms with Gasteiger partial charge in [-0.1, -0.05) is 15.9 Å². The first-order valence-corrected chi connectivity index (χ1v) is 5.24. The summed E-state index contributed by atoms with van der Waals surface area (Å²) >= 11 is 3.20. The third-order valence-corrected chi connectivity index (χ3v) is 2.55. The summed E-state index contributed by atoms with van der Waals surface area (Å²) in [5, 5.41) is 0. The van der Waals surface area contributed by atoms with Gasteiger partial charge in [-0.05, 0) is 30.3 Å². The molecule has 1 aromatic carbocycles. The fourth-order valence-electron chi connectivity index (χ4n) is 1.32. The highest BCUT2D eigenvalue weighted by Crippen LogP contribution is 2.26. The molecule has 0 aliphatic carbocycles. The van der Waals surface area contributed by atoms with Crippen LogP contribution in [-0.4, -0.2) is 0 Å². The summed E-state index contributed by atoms with van der Waals surface area (Å²) in [6.07, 6.45) is 0. The molecule has 0 aliphatic rings. The quantitative estimate of drug-likeness (QED) is 0.909. The molecule has 1 aromatic heterocycles. The fourth-order valence-corrected chi connectivity index (χ4v) is 1.65. The van der Waals surface area contributed by atoms with Gasteiger partial charge in [-0.15, -0.1) is 0 Å². The van der Waals surface area contributed by atoms with E-state index in [-0.39, 0.29) is 5.82 Å². The number of rotatable bonds is 2. The molecular formula is C11H9BrFNO. The molecule has 0 saturated heterocycles. The van der Waals surface area contributed by atoms with Crippen LogP contribution in [0.5, 0.6) is 0 Å². The lowest BCUT2D eigenvalue weighted by atomic mass is 10.1. The van der Waals surface area contributed by atoms with Gasteiger partial charge in [0.1, 0.15) is 17.3 Å². The van der Waals surface area contributed by atoms with E-state index in [0.717, 1.165) is 0 Å². The molecule has 0 amide bonds. The van der Waals surface area contributed by atoms with Crippen molar-refractivity contribution < 1.29 is 8.81 Å². The predicted molar refractivity (Wildman–Crippen MR) is 59.7 cm³/mol. The Hall–Kier alpha value is -1.13. The molecule has 0 fully saturated rings. The Balaban J connectivity index is 2.44. The molecule has 0 radical (unpaired) electrons. The molecule has 0 spiro atoms. The minimum absolute atomic E-state index is 0.317. The predicted octanol–water partition coefficient (Wildman–Crippen LogP) is 3.31. The highest BCUT2D eigenvalue weighted by molar-refractivity contribution is 9.10. The van der Waals surface area contributed by atoms with Gasteiger partial charge in [0.15, 0.2) is 0 Å². The summed E-state index contributed by atoms with van der Waals surface area (Å²) in [5.41, 5.74) is 5.85. The Kier molecular flexibility index (Phi) is 2.88. The van der Waals surface area contributed by atoms with Gasteiger partial charge in [0, 0.05) is 4.47 Å². The van der Waals surface area contributed by atoms with Gasteiger partial charge < -0.3 is 10.2 Å². The lowest BCUT2D eigenvalue weighted by molar-refractivity contribution is 0.520. The van der Waals surface area contributed by atoms with E-state index in [0.29, 0.717) is 28.1 Å². The molecule has 0 saturated carbocycles. The zero-order valence-corrected chi connectivity index (χ0v) is 9.42.